The minimum Gasteiger partial charge on any atom is -0.353 e. The molecule has 1 saturated heterocycles. The van der Waals surface area contributed by atoms with Gasteiger partial charge in [-0.2, -0.15) is 0 Å². The molecule has 0 spiro atoms. The number of anilines is 3. The first-order valence-corrected chi connectivity index (χ1v) is 11.6. The fourth-order valence-corrected chi connectivity index (χ4v) is 4.04. The Balaban J connectivity index is 1.39. The monoisotopic (exact) mass is 524 g/mol. The van der Waals surface area contributed by atoms with E-state index in [4.69, 9.17) is 0 Å². The van der Waals surface area contributed by atoms with E-state index in [2.05, 4.69) is 25.9 Å². The molecular formula is C26H20F4N6O2. The number of carbonyl (C=O) groups excluding carboxylic acids is 2. The van der Waals surface area contributed by atoms with E-state index >= 15 is 0 Å². The summed E-state index contributed by atoms with van der Waals surface area (Å²) in [6.45, 7) is 3.08. The van der Waals surface area contributed by atoms with Gasteiger partial charge in [-0.05, 0) is 36.4 Å². The lowest BCUT2D eigenvalue weighted by Crippen LogP contribution is -2.43. The molecule has 3 N–H and O–H groups in total. The first-order valence-electron chi connectivity index (χ1n) is 11.6. The second-order valence-electron chi connectivity index (χ2n) is 8.53. The Bertz CT molecular complexity index is 1560. The number of hydrogen-bond acceptors (Lipinski definition) is 6. The molecule has 0 saturated carbocycles. The number of urea groups is 1. The van der Waals surface area contributed by atoms with Gasteiger partial charge >= 0.3 is 6.03 Å². The zero-order chi connectivity index (χ0) is 26.8. The number of hydrogen-bond donors (Lipinski definition) is 3. The second kappa shape index (κ2) is 10.4. The van der Waals surface area contributed by atoms with Crippen molar-refractivity contribution < 1.29 is 27.2 Å². The molecule has 8 nitrogen and oxygen atoms in total. The predicted molar refractivity (Wildman–Crippen MR) is 133 cm³/mol. The summed E-state index contributed by atoms with van der Waals surface area (Å²) >= 11 is 0. The van der Waals surface area contributed by atoms with Crippen molar-refractivity contribution in [3.8, 4) is 0 Å². The fourth-order valence-electron chi connectivity index (χ4n) is 4.04. The summed E-state index contributed by atoms with van der Waals surface area (Å²) in [5, 5.41) is 7.75. The summed E-state index contributed by atoms with van der Waals surface area (Å²) in [5.74, 6) is -5.22. The van der Waals surface area contributed by atoms with E-state index in [1.165, 1.54) is 12.1 Å². The maximum absolute atomic E-state index is 14.7. The lowest BCUT2D eigenvalue weighted by Gasteiger charge is -2.28. The van der Waals surface area contributed by atoms with Crippen molar-refractivity contribution in [3.63, 3.8) is 0 Å². The van der Waals surface area contributed by atoms with Gasteiger partial charge in [0.05, 0.1) is 22.8 Å². The van der Waals surface area contributed by atoms with E-state index in [0.29, 0.717) is 22.9 Å². The van der Waals surface area contributed by atoms with Gasteiger partial charge in [0, 0.05) is 55.2 Å². The standard InChI is InChI=1S/C26H20F4N6O2/c27-18-3-2-15(11-19(18)28)33-26(38)34-16-10-17(24(30)20(29)12-16)25(37)14-1-4-21-22(9-14)35-23(13-32-21)36-7-5-31-6-8-36/h1-4,9-13,31H,5-8H2,(H2,33,34,38). The molecule has 1 aliphatic heterocycles. The van der Waals surface area contributed by atoms with Crippen LogP contribution in [0, 0.1) is 23.3 Å². The second-order valence-corrected chi connectivity index (χ2v) is 8.53. The molecule has 12 heteroatoms. The van der Waals surface area contributed by atoms with E-state index in [1.54, 1.807) is 12.3 Å². The molecule has 4 aromatic rings. The predicted octanol–water partition coefficient (Wildman–Crippen LogP) is 4.47. The van der Waals surface area contributed by atoms with Crippen LogP contribution >= 0.6 is 0 Å². The molecule has 1 aliphatic rings. The number of ketones is 1. The normalized spacial score (nSPS) is 13.4. The van der Waals surface area contributed by atoms with Crippen LogP contribution in [0.1, 0.15) is 15.9 Å². The van der Waals surface area contributed by atoms with Crippen molar-refractivity contribution in [1.29, 1.82) is 0 Å². The van der Waals surface area contributed by atoms with Crippen molar-refractivity contribution in [2.24, 2.45) is 0 Å². The van der Waals surface area contributed by atoms with Gasteiger partial charge in [0.15, 0.2) is 29.1 Å². The van der Waals surface area contributed by atoms with Gasteiger partial charge in [0.1, 0.15) is 5.82 Å². The highest BCUT2D eigenvalue weighted by atomic mass is 19.2. The van der Waals surface area contributed by atoms with Crippen LogP contribution in [-0.2, 0) is 0 Å². The molecule has 0 unspecified atom stereocenters. The van der Waals surface area contributed by atoms with E-state index in [-0.39, 0.29) is 16.9 Å². The van der Waals surface area contributed by atoms with Crippen LogP contribution in [0.15, 0.2) is 54.7 Å². The minimum absolute atomic E-state index is 0.0472. The highest BCUT2D eigenvalue weighted by Gasteiger charge is 2.21. The van der Waals surface area contributed by atoms with Crippen molar-refractivity contribution in [2.75, 3.05) is 41.7 Å². The smallest absolute Gasteiger partial charge is 0.323 e. The van der Waals surface area contributed by atoms with E-state index in [1.807, 2.05) is 4.90 Å². The molecule has 3 aromatic carbocycles. The number of nitrogens with zero attached hydrogens (tertiary/aromatic N) is 3. The van der Waals surface area contributed by atoms with E-state index in [0.717, 1.165) is 50.4 Å². The molecule has 194 valence electrons. The third-order valence-corrected chi connectivity index (χ3v) is 5.94. The molecular weight excluding hydrogens is 504 g/mol. The third kappa shape index (κ3) is 5.25. The van der Waals surface area contributed by atoms with Gasteiger partial charge in [0.2, 0.25) is 0 Å². The molecule has 2 heterocycles. The number of amides is 2. The summed E-state index contributed by atoms with van der Waals surface area (Å²) < 4.78 is 55.5. The fraction of sp³-hybridized carbons (Fsp3) is 0.154. The maximum atomic E-state index is 14.7. The molecule has 0 radical (unpaired) electrons. The lowest BCUT2D eigenvalue weighted by atomic mass is 10.0. The van der Waals surface area contributed by atoms with Crippen LogP contribution in [0.25, 0.3) is 11.0 Å². The molecule has 38 heavy (non-hydrogen) atoms. The third-order valence-electron chi connectivity index (χ3n) is 5.94. The zero-order valence-electron chi connectivity index (χ0n) is 19.7. The van der Waals surface area contributed by atoms with Crippen LogP contribution in [-0.4, -0.2) is 48.0 Å². The lowest BCUT2D eigenvalue weighted by molar-refractivity contribution is 0.103. The highest BCUT2D eigenvalue weighted by Crippen LogP contribution is 2.24. The largest absolute Gasteiger partial charge is 0.353 e. The molecule has 0 bridgehead atoms. The SMILES string of the molecule is O=C(Nc1ccc(F)c(F)c1)Nc1cc(F)c(F)c(C(=O)c2ccc3ncc(N4CCNCC4)nc3c2)c1. The minimum atomic E-state index is -1.39. The Hall–Kier alpha value is -4.58. The maximum Gasteiger partial charge on any atom is 0.323 e. The number of benzene rings is 3. The number of aromatic nitrogens is 2. The quantitative estimate of drug-likeness (QED) is 0.263. The van der Waals surface area contributed by atoms with Crippen LogP contribution in [0.5, 0.6) is 0 Å². The van der Waals surface area contributed by atoms with Crippen LogP contribution in [0.3, 0.4) is 0 Å². The Labute approximate surface area is 213 Å². The average Bonchev–Trinajstić information content (AvgIpc) is 2.92. The Morgan fingerprint density at radius 1 is 0.816 bits per heavy atom. The Morgan fingerprint density at radius 3 is 2.32 bits per heavy atom. The zero-order valence-corrected chi connectivity index (χ0v) is 19.7. The van der Waals surface area contributed by atoms with Gasteiger partial charge in [-0.3, -0.25) is 9.78 Å². The Kier molecular flexibility index (Phi) is 6.88. The van der Waals surface area contributed by atoms with Gasteiger partial charge in [0.25, 0.3) is 0 Å². The van der Waals surface area contributed by atoms with Crippen molar-refractivity contribution in [2.45, 2.75) is 0 Å². The highest BCUT2D eigenvalue weighted by molar-refractivity contribution is 6.11. The number of carbonyl (C=O) groups is 2. The summed E-state index contributed by atoms with van der Waals surface area (Å²) in [7, 11) is 0. The first-order chi connectivity index (χ1) is 18.3. The van der Waals surface area contributed by atoms with Gasteiger partial charge in [-0.1, -0.05) is 0 Å². The van der Waals surface area contributed by atoms with Gasteiger partial charge in [-0.25, -0.2) is 27.3 Å². The molecule has 0 atom stereocenters. The van der Waals surface area contributed by atoms with E-state index < -0.39 is 40.6 Å². The molecule has 0 aliphatic carbocycles. The number of halogens is 4. The van der Waals surface area contributed by atoms with Crippen LogP contribution in [0.2, 0.25) is 0 Å². The van der Waals surface area contributed by atoms with Crippen molar-refractivity contribution in [1.82, 2.24) is 15.3 Å². The summed E-state index contributed by atoms with van der Waals surface area (Å²) in [4.78, 5) is 36.5. The molecule has 2 amide bonds. The van der Waals surface area contributed by atoms with Crippen molar-refractivity contribution in [3.05, 3.63) is 89.1 Å². The van der Waals surface area contributed by atoms with E-state index in [9.17, 15) is 27.2 Å². The average molecular weight is 524 g/mol. The number of rotatable bonds is 5. The van der Waals surface area contributed by atoms with Gasteiger partial charge in [-0.15, -0.1) is 0 Å². The van der Waals surface area contributed by atoms with Crippen molar-refractivity contribution >= 4 is 40.0 Å². The topological polar surface area (TPSA) is 99.2 Å². The van der Waals surface area contributed by atoms with Crippen LogP contribution in [0.4, 0.5) is 39.5 Å². The number of fused-ring (bicyclic) bond motifs is 1. The first kappa shape index (κ1) is 25.1. The molecule has 5 rings (SSSR count). The number of nitrogens with one attached hydrogen (secondary N) is 3. The summed E-state index contributed by atoms with van der Waals surface area (Å²) in [6, 6.07) is 7.87. The van der Waals surface area contributed by atoms with Crippen LogP contribution < -0.4 is 20.9 Å². The molecule has 1 fully saturated rings. The summed E-state index contributed by atoms with van der Waals surface area (Å²) in [6.07, 6.45) is 1.64. The Morgan fingerprint density at radius 2 is 1.55 bits per heavy atom. The molecule has 1 aromatic heterocycles. The number of piperazine rings is 1. The summed E-state index contributed by atoms with van der Waals surface area (Å²) in [5.41, 5.74) is 0.0700. The van der Waals surface area contributed by atoms with Gasteiger partial charge < -0.3 is 20.9 Å².